The summed E-state index contributed by atoms with van der Waals surface area (Å²) in [7, 11) is 0. The number of benzene rings is 2. The van der Waals surface area contributed by atoms with Crippen LogP contribution < -0.4 is 10.6 Å². The zero-order chi connectivity index (χ0) is 20.3. The molecule has 0 unspecified atom stereocenters. The smallest absolute Gasteiger partial charge is 0.134 e. The maximum absolute atomic E-state index is 10.3. The van der Waals surface area contributed by atoms with Crippen molar-refractivity contribution in [1.82, 2.24) is 10.6 Å². The highest BCUT2D eigenvalue weighted by atomic mass is 79.9. The van der Waals surface area contributed by atoms with Gasteiger partial charge in [0.2, 0.25) is 0 Å². The minimum absolute atomic E-state index is 0.278. The Morgan fingerprint density at radius 2 is 1.11 bits per heavy atom. The summed E-state index contributed by atoms with van der Waals surface area (Å²) in [4.78, 5) is 0. The summed E-state index contributed by atoms with van der Waals surface area (Å²) in [5, 5.41) is 27.8. The summed E-state index contributed by atoms with van der Waals surface area (Å²) >= 11 is 13.7. The molecule has 28 heavy (non-hydrogen) atoms. The van der Waals surface area contributed by atoms with Crippen molar-refractivity contribution >= 4 is 63.7 Å². The number of halogens is 4. The van der Waals surface area contributed by atoms with E-state index < -0.39 is 0 Å². The lowest BCUT2D eigenvalue weighted by Gasteiger charge is -2.33. The van der Waals surface area contributed by atoms with E-state index in [2.05, 4.69) is 74.4 Å². The largest absolute Gasteiger partial charge is 0.506 e. The molecule has 0 saturated heterocycles. The molecule has 1 fully saturated rings. The fourth-order valence-corrected chi connectivity index (χ4v) is 6.24. The van der Waals surface area contributed by atoms with Gasteiger partial charge in [-0.2, -0.15) is 0 Å². The van der Waals surface area contributed by atoms with Crippen LogP contribution in [0.25, 0.3) is 0 Å². The van der Waals surface area contributed by atoms with Crippen molar-refractivity contribution in [2.75, 3.05) is 0 Å². The standard InChI is InChI=1S/C20H22Br4N2O2/c21-13-5-11(19(27)15(23)7-13)9-25-17-3-1-2-4-18(17)26-10-12-6-14(22)8-16(24)20(12)28/h5-8,17-18,25-28H,1-4,9-10H2/t17-,18-/m0/s1. The fourth-order valence-electron chi connectivity index (χ4n) is 3.61. The first-order chi connectivity index (χ1) is 13.3. The molecule has 2 aromatic carbocycles. The summed E-state index contributed by atoms with van der Waals surface area (Å²) in [5.41, 5.74) is 1.72. The van der Waals surface area contributed by atoms with Crippen molar-refractivity contribution < 1.29 is 10.2 Å². The first-order valence-corrected chi connectivity index (χ1v) is 12.3. The maximum atomic E-state index is 10.3. The third kappa shape index (κ3) is 5.73. The highest BCUT2D eigenvalue weighted by Crippen LogP contribution is 2.33. The highest BCUT2D eigenvalue weighted by molar-refractivity contribution is 9.11. The third-order valence-electron chi connectivity index (χ3n) is 5.09. The zero-order valence-electron chi connectivity index (χ0n) is 15.1. The molecule has 0 spiro atoms. The molecule has 1 aliphatic rings. The molecule has 4 nitrogen and oxygen atoms in total. The molecule has 0 aliphatic heterocycles. The van der Waals surface area contributed by atoms with E-state index in [9.17, 15) is 10.2 Å². The highest BCUT2D eigenvalue weighted by Gasteiger charge is 2.25. The zero-order valence-corrected chi connectivity index (χ0v) is 21.5. The van der Waals surface area contributed by atoms with Crippen molar-refractivity contribution in [3.8, 4) is 11.5 Å². The maximum Gasteiger partial charge on any atom is 0.134 e. The van der Waals surface area contributed by atoms with Gasteiger partial charge < -0.3 is 20.8 Å². The molecular formula is C20H22Br4N2O2. The second kappa shape index (κ2) is 10.3. The van der Waals surface area contributed by atoms with Crippen LogP contribution >= 0.6 is 63.7 Å². The topological polar surface area (TPSA) is 64.5 Å². The van der Waals surface area contributed by atoms with Gasteiger partial charge in [-0.05, 0) is 69.0 Å². The van der Waals surface area contributed by atoms with Gasteiger partial charge in [0, 0.05) is 45.2 Å². The van der Waals surface area contributed by atoms with Gasteiger partial charge in [0.05, 0.1) is 8.95 Å². The molecule has 1 aliphatic carbocycles. The van der Waals surface area contributed by atoms with Gasteiger partial charge >= 0.3 is 0 Å². The van der Waals surface area contributed by atoms with Crippen LogP contribution in [0.3, 0.4) is 0 Å². The summed E-state index contributed by atoms with van der Waals surface area (Å²) in [6.07, 6.45) is 4.55. The Morgan fingerprint density at radius 1 is 0.714 bits per heavy atom. The Bertz CT molecular complexity index is 778. The van der Waals surface area contributed by atoms with Crippen LogP contribution in [-0.4, -0.2) is 22.3 Å². The summed E-state index contributed by atoms with van der Waals surface area (Å²) in [5.74, 6) is 0.555. The summed E-state index contributed by atoms with van der Waals surface area (Å²) < 4.78 is 3.24. The van der Waals surface area contributed by atoms with E-state index in [1.807, 2.05) is 24.3 Å². The quantitative estimate of drug-likeness (QED) is 0.298. The number of hydrogen-bond acceptors (Lipinski definition) is 4. The predicted molar refractivity (Wildman–Crippen MR) is 127 cm³/mol. The van der Waals surface area contributed by atoms with E-state index in [-0.39, 0.29) is 11.5 Å². The second-order valence-corrected chi connectivity index (χ2v) is 10.6. The van der Waals surface area contributed by atoms with Gasteiger partial charge in [-0.15, -0.1) is 0 Å². The lowest BCUT2D eigenvalue weighted by Crippen LogP contribution is -2.49. The molecule has 8 heteroatoms. The molecule has 0 amide bonds. The average Bonchev–Trinajstić information content (AvgIpc) is 2.65. The molecule has 0 radical (unpaired) electrons. The van der Waals surface area contributed by atoms with E-state index in [1.54, 1.807) is 0 Å². The van der Waals surface area contributed by atoms with Crippen molar-refractivity contribution in [2.45, 2.75) is 50.9 Å². The SMILES string of the molecule is Oc1c(Br)cc(Br)cc1CN[C@H]1CCCC[C@@H]1NCc1cc(Br)cc(Br)c1O. The monoisotopic (exact) mass is 638 g/mol. The van der Waals surface area contributed by atoms with Crippen LogP contribution in [0.1, 0.15) is 36.8 Å². The first kappa shape index (κ1) is 22.6. The predicted octanol–water partition coefficient (Wildman–Crippen LogP) is 6.34. The molecule has 0 aromatic heterocycles. The van der Waals surface area contributed by atoms with Crippen molar-refractivity contribution in [1.29, 1.82) is 0 Å². The molecule has 0 heterocycles. The Labute approximate surface area is 199 Å². The van der Waals surface area contributed by atoms with Gasteiger partial charge in [-0.25, -0.2) is 0 Å². The van der Waals surface area contributed by atoms with Gasteiger partial charge in [0.25, 0.3) is 0 Å². The van der Waals surface area contributed by atoms with E-state index in [4.69, 9.17) is 0 Å². The number of phenolic OH excluding ortho intramolecular Hbond substituents is 2. The van der Waals surface area contributed by atoms with Crippen LogP contribution in [0.5, 0.6) is 11.5 Å². The lowest BCUT2D eigenvalue weighted by atomic mass is 9.90. The Morgan fingerprint density at radius 3 is 1.50 bits per heavy atom. The van der Waals surface area contributed by atoms with Crippen LogP contribution in [0.2, 0.25) is 0 Å². The van der Waals surface area contributed by atoms with Crippen LogP contribution in [0.4, 0.5) is 0 Å². The van der Waals surface area contributed by atoms with E-state index in [0.29, 0.717) is 34.1 Å². The van der Waals surface area contributed by atoms with E-state index >= 15 is 0 Å². The molecule has 1 saturated carbocycles. The van der Waals surface area contributed by atoms with Crippen molar-refractivity contribution in [2.24, 2.45) is 0 Å². The van der Waals surface area contributed by atoms with Gasteiger partial charge in [0.15, 0.2) is 0 Å². The molecule has 152 valence electrons. The van der Waals surface area contributed by atoms with Gasteiger partial charge in [-0.1, -0.05) is 44.7 Å². The van der Waals surface area contributed by atoms with Crippen LogP contribution in [0.15, 0.2) is 42.2 Å². The Kier molecular flexibility index (Phi) is 8.27. The number of phenols is 2. The van der Waals surface area contributed by atoms with Crippen LogP contribution in [0, 0.1) is 0 Å². The number of hydrogen-bond donors (Lipinski definition) is 4. The molecule has 3 rings (SSSR count). The minimum atomic E-state index is 0.278. The number of rotatable bonds is 6. The molecular weight excluding hydrogens is 620 g/mol. The Hall–Kier alpha value is -0.120. The molecule has 0 bridgehead atoms. The second-order valence-electron chi connectivity index (χ2n) is 7.05. The van der Waals surface area contributed by atoms with Crippen molar-refractivity contribution in [3.05, 3.63) is 53.3 Å². The lowest BCUT2D eigenvalue weighted by molar-refractivity contribution is 0.279. The van der Waals surface area contributed by atoms with E-state index in [0.717, 1.165) is 32.9 Å². The number of nitrogens with one attached hydrogen (secondary N) is 2. The average molecular weight is 642 g/mol. The fraction of sp³-hybridized carbons (Fsp3) is 0.400. The Balaban J connectivity index is 1.65. The number of aromatic hydroxyl groups is 2. The van der Waals surface area contributed by atoms with Crippen molar-refractivity contribution in [3.63, 3.8) is 0 Å². The van der Waals surface area contributed by atoms with Gasteiger partial charge in [0.1, 0.15) is 11.5 Å². The normalized spacial score (nSPS) is 19.7. The third-order valence-corrected chi connectivity index (χ3v) is 7.21. The summed E-state index contributed by atoms with van der Waals surface area (Å²) in [6, 6.07) is 8.18. The molecule has 2 aromatic rings. The van der Waals surface area contributed by atoms with E-state index in [1.165, 1.54) is 12.8 Å². The van der Waals surface area contributed by atoms with Gasteiger partial charge in [-0.3, -0.25) is 0 Å². The molecule has 4 N–H and O–H groups in total. The minimum Gasteiger partial charge on any atom is -0.506 e. The van der Waals surface area contributed by atoms with Crippen LogP contribution in [-0.2, 0) is 13.1 Å². The first-order valence-electron chi connectivity index (χ1n) is 9.15. The molecule has 2 atom stereocenters. The summed E-state index contributed by atoms with van der Waals surface area (Å²) in [6.45, 7) is 1.20.